The fourth-order valence-corrected chi connectivity index (χ4v) is 2.29. The van der Waals surface area contributed by atoms with Crippen LogP contribution in [0.1, 0.15) is 59.8 Å². The van der Waals surface area contributed by atoms with E-state index < -0.39 is 0 Å². The van der Waals surface area contributed by atoms with E-state index >= 15 is 0 Å². The van der Waals surface area contributed by atoms with Gasteiger partial charge in [-0.3, -0.25) is 0 Å². The highest BCUT2D eigenvalue weighted by molar-refractivity contribution is 7.17. The average molecular weight is 202 g/mol. The summed E-state index contributed by atoms with van der Waals surface area (Å²) in [6, 6.07) is 0. The zero-order chi connectivity index (χ0) is 10.3. The van der Waals surface area contributed by atoms with Gasteiger partial charge in [0.05, 0.1) is 0 Å². The van der Waals surface area contributed by atoms with Crippen molar-refractivity contribution in [1.82, 2.24) is 0 Å². The Morgan fingerprint density at radius 1 is 1.08 bits per heavy atom. The summed E-state index contributed by atoms with van der Waals surface area (Å²) in [6.07, 6.45) is 6.91. The van der Waals surface area contributed by atoms with Gasteiger partial charge in [0.15, 0.2) is 0 Å². The van der Waals surface area contributed by atoms with Crippen molar-refractivity contribution in [3.05, 3.63) is 0 Å². The maximum absolute atomic E-state index is 3.01. The first-order valence-corrected chi connectivity index (χ1v) is 6.48. The first kappa shape index (κ1) is 13.4. The van der Waals surface area contributed by atoms with E-state index in [2.05, 4.69) is 36.9 Å². The van der Waals surface area contributed by atoms with Crippen LogP contribution in [-0.4, -0.2) is 5.66 Å². The van der Waals surface area contributed by atoms with E-state index in [4.69, 9.17) is 0 Å². The van der Waals surface area contributed by atoms with Crippen LogP contribution in [0.5, 0.6) is 0 Å². The van der Waals surface area contributed by atoms with Gasteiger partial charge in [0.2, 0.25) is 0 Å². The molecule has 0 radical (unpaired) electrons. The molecule has 1 heteroatoms. The van der Waals surface area contributed by atoms with Crippen molar-refractivity contribution in [2.24, 2.45) is 11.8 Å². The first-order valence-electron chi connectivity index (χ1n) is 5.81. The van der Waals surface area contributed by atoms with Crippen molar-refractivity contribution in [2.45, 2.75) is 65.5 Å². The van der Waals surface area contributed by atoms with Crippen LogP contribution in [0.3, 0.4) is 0 Å². The molecule has 0 rings (SSSR count). The second kappa shape index (κ2) is 7.80. The summed E-state index contributed by atoms with van der Waals surface area (Å²) in [4.78, 5) is 0. The molecule has 0 bridgehead atoms. The molecule has 3 atom stereocenters. The Kier molecular flexibility index (Phi) is 8.06. The van der Waals surface area contributed by atoms with E-state index in [0.717, 1.165) is 17.5 Å². The maximum Gasteiger partial charge on any atom is -0.0262 e. The van der Waals surface area contributed by atoms with Crippen molar-refractivity contribution in [3.63, 3.8) is 0 Å². The van der Waals surface area contributed by atoms with Gasteiger partial charge in [0.25, 0.3) is 0 Å². The lowest BCUT2D eigenvalue weighted by atomic mass is 9.98. The summed E-state index contributed by atoms with van der Waals surface area (Å²) in [7, 11) is 3.01. The normalized spacial score (nSPS) is 16.2. The smallest absolute Gasteiger partial charge is 0.0262 e. The summed E-state index contributed by atoms with van der Waals surface area (Å²) in [5.74, 6) is 1.78. The van der Waals surface area contributed by atoms with Crippen LogP contribution in [-0.2, 0) is 0 Å². The van der Waals surface area contributed by atoms with E-state index in [0.29, 0.717) is 0 Å². The topological polar surface area (TPSA) is 0 Å². The van der Waals surface area contributed by atoms with Crippen LogP contribution in [0.2, 0.25) is 0 Å². The summed E-state index contributed by atoms with van der Waals surface area (Å²) >= 11 is 0. The molecule has 0 aromatic heterocycles. The molecule has 80 valence electrons. The third-order valence-electron chi connectivity index (χ3n) is 2.76. The predicted octanol–water partition coefficient (Wildman–Crippen LogP) is 4.49. The molecule has 3 unspecified atom stereocenters. The van der Waals surface area contributed by atoms with Gasteiger partial charge in [0, 0.05) is 0 Å². The summed E-state index contributed by atoms with van der Waals surface area (Å²) < 4.78 is 0. The third kappa shape index (κ3) is 8.75. The van der Waals surface area contributed by atoms with Crippen molar-refractivity contribution in [3.8, 4) is 0 Å². The van der Waals surface area contributed by atoms with Gasteiger partial charge in [-0.1, -0.05) is 47.0 Å². The lowest BCUT2D eigenvalue weighted by Gasteiger charge is -2.15. The Balaban J connectivity index is 3.34. The molecule has 0 N–H and O–H groups in total. The summed E-state index contributed by atoms with van der Waals surface area (Å²) in [6.45, 7) is 9.27. The second-order valence-corrected chi connectivity index (χ2v) is 5.78. The summed E-state index contributed by atoms with van der Waals surface area (Å²) in [5, 5.41) is 0. The predicted molar refractivity (Wildman–Crippen MR) is 66.3 cm³/mol. The molecule has 0 nitrogen and oxygen atoms in total. The molecule has 0 aromatic rings. The van der Waals surface area contributed by atoms with Crippen molar-refractivity contribution in [2.75, 3.05) is 0 Å². The molecule has 0 aliphatic heterocycles. The Morgan fingerprint density at radius 3 is 2.15 bits per heavy atom. The highest BCUT2D eigenvalue weighted by atomic mass is 31.0. The zero-order valence-corrected chi connectivity index (χ0v) is 11.0. The number of hydrogen-bond acceptors (Lipinski definition) is 0. The van der Waals surface area contributed by atoms with E-state index in [1.54, 1.807) is 0 Å². The average Bonchev–Trinajstić information content (AvgIpc) is 2.03. The first-order chi connectivity index (χ1) is 6.06. The van der Waals surface area contributed by atoms with Crippen LogP contribution < -0.4 is 0 Å². The van der Waals surface area contributed by atoms with Crippen LogP contribution in [0.4, 0.5) is 0 Å². The molecule has 0 heterocycles. The van der Waals surface area contributed by atoms with E-state index in [1.165, 1.54) is 32.1 Å². The monoisotopic (exact) mass is 202 g/mol. The zero-order valence-electron chi connectivity index (χ0n) is 9.84. The van der Waals surface area contributed by atoms with Gasteiger partial charge in [0.1, 0.15) is 0 Å². The number of rotatable bonds is 7. The molecular formula is C12H27P. The van der Waals surface area contributed by atoms with Gasteiger partial charge in [-0.15, -0.1) is 9.24 Å². The maximum atomic E-state index is 3.01. The number of hydrogen-bond donors (Lipinski definition) is 0. The van der Waals surface area contributed by atoms with E-state index in [9.17, 15) is 0 Å². The van der Waals surface area contributed by atoms with Gasteiger partial charge in [-0.2, -0.15) is 0 Å². The molecule has 0 aromatic carbocycles. The van der Waals surface area contributed by atoms with E-state index in [1.807, 2.05) is 0 Å². The van der Waals surface area contributed by atoms with Crippen molar-refractivity contribution >= 4 is 9.24 Å². The second-order valence-electron chi connectivity index (χ2n) is 4.83. The Hall–Kier alpha value is 0.430. The largest absolute Gasteiger partial charge is 0.134 e. The van der Waals surface area contributed by atoms with Crippen LogP contribution in [0.15, 0.2) is 0 Å². The van der Waals surface area contributed by atoms with Crippen LogP contribution in [0.25, 0.3) is 0 Å². The minimum absolute atomic E-state index is 0.855. The molecule has 0 spiro atoms. The third-order valence-corrected chi connectivity index (χ3v) is 3.36. The Morgan fingerprint density at radius 2 is 1.69 bits per heavy atom. The van der Waals surface area contributed by atoms with Crippen molar-refractivity contribution in [1.29, 1.82) is 0 Å². The molecule has 0 amide bonds. The van der Waals surface area contributed by atoms with Gasteiger partial charge < -0.3 is 0 Å². The van der Waals surface area contributed by atoms with Crippen LogP contribution in [0, 0.1) is 11.8 Å². The summed E-state index contributed by atoms with van der Waals surface area (Å²) in [5.41, 5.74) is 0.855. The van der Waals surface area contributed by atoms with Gasteiger partial charge in [-0.05, 0) is 30.3 Å². The molecule has 0 aliphatic rings. The van der Waals surface area contributed by atoms with E-state index in [-0.39, 0.29) is 0 Å². The molecule has 0 aliphatic carbocycles. The molecule has 0 saturated carbocycles. The van der Waals surface area contributed by atoms with Crippen LogP contribution >= 0.6 is 9.24 Å². The standard InChI is InChI=1S/C12H27P/c1-5-11(4)9-12(13)8-6-7-10(2)3/h10-12H,5-9,13H2,1-4H3. The Bertz CT molecular complexity index is 110. The highest BCUT2D eigenvalue weighted by Gasteiger charge is 2.07. The minimum Gasteiger partial charge on any atom is -0.134 e. The lowest BCUT2D eigenvalue weighted by molar-refractivity contribution is 0.466. The SMILES string of the molecule is CCC(C)CC(P)CCCC(C)C. The van der Waals surface area contributed by atoms with Gasteiger partial charge >= 0.3 is 0 Å². The fourth-order valence-electron chi connectivity index (χ4n) is 1.59. The lowest BCUT2D eigenvalue weighted by Crippen LogP contribution is -2.05. The molecular weight excluding hydrogens is 175 g/mol. The molecule has 0 saturated heterocycles. The molecule has 13 heavy (non-hydrogen) atoms. The van der Waals surface area contributed by atoms with Gasteiger partial charge in [-0.25, -0.2) is 0 Å². The molecule has 0 fully saturated rings. The fraction of sp³-hybridized carbons (Fsp3) is 1.00. The quantitative estimate of drug-likeness (QED) is 0.533. The van der Waals surface area contributed by atoms with Crippen molar-refractivity contribution < 1.29 is 0 Å². The highest BCUT2D eigenvalue weighted by Crippen LogP contribution is 2.21. The minimum atomic E-state index is 0.855. The Labute approximate surface area is 87.1 Å².